The van der Waals surface area contributed by atoms with Crippen LogP contribution >= 0.6 is 11.3 Å². The van der Waals surface area contributed by atoms with Gasteiger partial charge in [-0.15, -0.1) is 16.4 Å². The molecule has 10 heteroatoms. The van der Waals surface area contributed by atoms with Crippen LogP contribution in [0.25, 0.3) is 16.3 Å². The van der Waals surface area contributed by atoms with Crippen molar-refractivity contribution < 1.29 is 13.9 Å². The van der Waals surface area contributed by atoms with Gasteiger partial charge in [-0.3, -0.25) is 4.79 Å². The van der Waals surface area contributed by atoms with E-state index in [1.54, 1.807) is 13.8 Å². The number of amides is 1. The van der Waals surface area contributed by atoms with Gasteiger partial charge in [-0.1, -0.05) is 0 Å². The maximum Gasteiger partial charge on any atom is 0.267 e. The fourth-order valence-corrected chi connectivity index (χ4v) is 3.95. The number of nitrogens with one attached hydrogen (secondary N) is 1. The van der Waals surface area contributed by atoms with Crippen LogP contribution in [-0.4, -0.2) is 37.7 Å². The second-order valence-corrected chi connectivity index (χ2v) is 7.65. The van der Waals surface area contributed by atoms with Crippen LogP contribution in [0.4, 0.5) is 10.1 Å². The summed E-state index contributed by atoms with van der Waals surface area (Å²) in [6.45, 7) is 5.97. The fraction of sp³-hybridized carbons (Fsp3) is 0.190. The quantitative estimate of drug-likeness (QED) is 0.485. The summed E-state index contributed by atoms with van der Waals surface area (Å²) in [6, 6.07) is 11.8. The molecule has 4 aromatic rings. The Labute approximate surface area is 181 Å². The lowest BCUT2D eigenvalue weighted by atomic mass is 10.2. The van der Waals surface area contributed by atoms with Gasteiger partial charge in [-0.25, -0.2) is 9.37 Å². The fourth-order valence-electron chi connectivity index (χ4n) is 2.99. The highest BCUT2D eigenvalue weighted by Crippen LogP contribution is 2.30. The molecule has 0 bridgehead atoms. The van der Waals surface area contributed by atoms with Crippen molar-refractivity contribution in [3.05, 3.63) is 64.7 Å². The summed E-state index contributed by atoms with van der Waals surface area (Å²) in [6.07, 6.45) is 0. The summed E-state index contributed by atoms with van der Waals surface area (Å²) in [5.74, 6) is 0.390. The number of carbonyl (C=O) groups excluding carboxylic acids is 1. The molecule has 1 N–H and O–H groups in total. The minimum Gasteiger partial charge on any atom is -0.494 e. The number of anilines is 1. The number of aromatic nitrogens is 5. The van der Waals surface area contributed by atoms with E-state index < -0.39 is 5.82 Å². The maximum absolute atomic E-state index is 14.3. The highest BCUT2D eigenvalue weighted by atomic mass is 32.1. The number of benzene rings is 2. The van der Waals surface area contributed by atoms with Crippen molar-refractivity contribution in [1.29, 1.82) is 0 Å². The molecule has 0 aliphatic carbocycles. The van der Waals surface area contributed by atoms with Crippen molar-refractivity contribution in [2.24, 2.45) is 0 Å². The molecule has 0 saturated heterocycles. The van der Waals surface area contributed by atoms with E-state index in [1.807, 2.05) is 31.2 Å². The molecule has 158 valence electrons. The van der Waals surface area contributed by atoms with Crippen molar-refractivity contribution >= 4 is 22.9 Å². The van der Waals surface area contributed by atoms with Crippen LogP contribution in [-0.2, 0) is 0 Å². The standard InChI is InChI=1S/C21H19FN6O2S/c1-4-30-16-8-5-14(6-9-16)21-23-12(2)19(31-21)20(29)24-15-7-10-17(22)18(11-15)28-13(3)25-26-27-28/h5-11H,4H2,1-3H3,(H,24,29). The molecule has 2 heterocycles. The van der Waals surface area contributed by atoms with Crippen LogP contribution < -0.4 is 10.1 Å². The molecule has 2 aromatic carbocycles. The second kappa shape index (κ2) is 8.60. The molecule has 4 rings (SSSR count). The van der Waals surface area contributed by atoms with E-state index in [0.29, 0.717) is 28.7 Å². The van der Waals surface area contributed by atoms with Crippen molar-refractivity contribution in [3.8, 4) is 22.0 Å². The SMILES string of the molecule is CCOc1ccc(-c2nc(C)c(C(=O)Nc3ccc(F)c(-n4nnnc4C)c3)s2)cc1. The Hall–Kier alpha value is -3.66. The molecule has 0 unspecified atom stereocenters. The number of ether oxygens (including phenoxy) is 1. The first-order chi connectivity index (χ1) is 15.0. The smallest absolute Gasteiger partial charge is 0.267 e. The topological polar surface area (TPSA) is 94.8 Å². The van der Waals surface area contributed by atoms with Gasteiger partial charge in [0.05, 0.1) is 12.3 Å². The van der Waals surface area contributed by atoms with Crippen molar-refractivity contribution in [2.45, 2.75) is 20.8 Å². The molecule has 0 aliphatic rings. The van der Waals surface area contributed by atoms with Gasteiger partial charge in [0.1, 0.15) is 27.1 Å². The summed E-state index contributed by atoms with van der Waals surface area (Å²) < 4.78 is 21.0. The van der Waals surface area contributed by atoms with E-state index in [2.05, 4.69) is 25.8 Å². The van der Waals surface area contributed by atoms with Gasteiger partial charge >= 0.3 is 0 Å². The van der Waals surface area contributed by atoms with Gasteiger partial charge in [0, 0.05) is 11.3 Å². The minimum atomic E-state index is -0.500. The van der Waals surface area contributed by atoms with E-state index in [9.17, 15) is 9.18 Å². The van der Waals surface area contributed by atoms with E-state index >= 15 is 0 Å². The average molecular weight is 438 g/mol. The second-order valence-electron chi connectivity index (χ2n) is 6.65. The molecule has 31 heavy (non-hydrogen) atoms. The molecule has 2 aromatic heterocycles. The molecule has 8 nitrogen and oxygen atoms in total. The Bertz CT molecular complexity index is 1240. The number of rotatable bonds is 6. The first-order valence-electron chi connectivity index (χ1n) is 9.53. The lowest BCUT2D eigenvalue weighted by Crippen LogP contribution is -2.12. The van der Waals surface area contributed by atoms with Crippen LogP contribution in [0.1, 0.15) is 28.1 Å². The molecule has 0 atom stereocenters. The number of hydrogen-bond donors (Lipinski definition) is 1. The number of carbonyl (C=O) groups is 1. The first kappa shape index (κ1) is 20.6. The summed E-state index contributed by atoms with van der Waals surface area (Å²) in [7, 11) is 0. The molecular weight excluding hydrogens is 419 g/mol. The molecule has 0 saturated carbocycles. The highest BCUT2D eigenvalue weighted by molar-refractivity contribution is 7.17. The average Bonchev–Trinajstić information content (AvgIpc) is 3.36. The Kier molecular flexibility index (Phi) is 5.72. The summed E-state index contributed by atoms with van der Waals surface area (Å²) in [4.78, 5) is 17.9. The molecule has 0 aliphatic heterocycles. The van der Waals surface area contributed by atoms with Crippen molar-refractivity contribution in [3.63, 3.8) is 0 Å². The number of halogens is 1. The number of nitrogens with zero attached hydrogens (tertiary/aromatic N) is 5. The predicted octanol–water partition coefficient (Wildman–Crippen LogP) is 4.19. The first-order valence-corrected chi connectivity index (χ1v) is 10.3. The van der Waals surface area contributed by atoms with Crippen LogP contribution in [0, 0.1) is 19.7 Å². The largest absolute Gasteiger partial charge is 0.494 e. The van der Waals surface area contributed by atoms with Crippen molar-refractivity contribution in [1.82, 2.24) is 25.2 Å². The van der Waals surface area contributed by atoms with Gasteiger partial charge in [-0.2, -0.15) is 4.68 Å². The third-order valence-corrected chi connectivity index (χ3v) is 5.68. The van der Waals surface area contributed by atoms with Crippen LogP contribution in [0.3, 0.4) is 0 Å². The number of aryl methyl sites for hydroxylation is 2. The van der Waals surface area contributed by atoms with Crippen molar-refractivity contribution in [2.75, 3.05) is 11.9 Å². The lowest BCUT2D eigenvalue weighted by molar-refractivity contribution is 0.103. The predicted molar refractivity (Wildman–Crippen MR) is 115 cm³/mol. The number of thiazole rings is 1. The van der Waals surface area contributed by atoms with Gasteiger partial charge in [0.15, 0.2) is 5.82 Å². The van der Waals surface area contributed by atoms with Gasteiger partial charge in [0.25, 0.3) is 5.91 Å². The van der Waals surface area contributed by atoms with E-state index in [-0.39, 0.29) is 11.6 Å². The summed E-state index contributed by atoms with van der Waals surface area (Å²) in [5.41, 5.74) is 2.09. The zero-order valence-corrected chi connectivity index (χ0v) is 17.9. The van der Waals surface area contributed by atoms with E-state index in [4.69, 9.17) is 4.74 Å². The Balaban J connectivity index is 1.56. The lowest BCUT2D eigenvalue weighted by Gasteiger charge is -2.08. The zero-order valence-electron chi connectivity index (χ0n) is 17.1. The third-order valence-electron chi connectivity index (χ3n) is 4.47. The zero-order chi connectivity index (χ0) is 22.0. The van der Waals surface area contributed by atoms with Gasteiger partial charge < -0.3 is 10.1 Å². The highest BCUT2D eigenvalue weighted by Gasteiger charge is 2.18. The molecule has 0 spiro atoms. The monoisotopic (exact) mass is 438 g/mol. The Morgan fingerprint density at radius 1 is 1.19 bits per heavy atom. The van der Waals surface area contributed by atoms with E-state index in [0.717, 1.165) is 16.3 Å². The number of hydrogen-bond acceptors (Lipinski definition) is 7. The maximum atomic E-state index is 14.3. The molecule has 0 fully saturated rings. The van der Waals surface area contributed by atoms with Gasteiger partial charge in [0.2, 0.25) is 0 Å². The Morgan fingerprint density at radius 3 is 2.65 bits per heavy atom. The molecular formula is C21H19FN6O2S. The Morgan fingerprint density at radius 2 is 1.97 bits per heavy atom. The normalized spacial score (nSPS) is 10.8. The summed E-state index contributed by atoms with van der Waals surface area (Å²) in [5, 5.41) is 14.6. The van der Waals surface area contributed by atoms with Crippen LogP contribution in [0.15, 0.2) is 42.5 Å². The third kappa shape index (κ3) is 4.29. The molecule has 0 radical (unpaired) electrons. The van der Waals surface area contributed by atoms with Crippen LogP contribution in [0.2, 0.25) is 0 Å². The minimum absolute atomic E-state index is 0.149. The van der Waals surface area contributed by atoms with E-state index in [1.165, 1.54) is 34.2 Å². The summed E-state index contributed by atoms with van der Waals surface area (Å²) >= 11 is 1.29. The number of tetrazole rings is 1. The van der Waals surface area contributed by atoms with Crippen LogP contribution in [0.5, 0.6) is 5.75 Å². The van der Waals surface area contributed by atoms with Gasteiger partial charge in [-0.05, 0) is 73.7 Å². The molecule has 1 amide bonds.